The summed E-state index contributed by atoms with van der Waals surface area (Å²) in [6, 6.07) is 11.1. The van der Waals surface area contributed by atoms with Crippen LogP contribution >= 0.6 is 0 Å². The van der Waals surface area contributed by atoms with Crippen molar-refractivity contribution in [2.45, 2.75) is 38.5 Å². The van der Waals surface area contributed by atoms with E-state index in [0.717, 1.165) is 29.4 Å². The number of benzene rings is 2. The molecule has 25 heavy (non-hydrogen) atoms. The summed E-state index contributed by atoms with van der Waals surface area (Å²) >= 11 is 0. The second kappa shape index (κ2) is 7.34. The van der Waals surface area contributed by atoms with E-state index in [1.54, 1.807) is 16.4 Å². The highest BCUT2D eigenvalue weighted by molar-refractivity contribution is 7.89. The molecule has 0 bridgehead atoms. The molecule has 0 radical (unpaired) electrons. The molecule has 1 saturated heterocycles. The van der Waals surface area contributed by atoms with Crippen LogP contribution in [0.5, 0.6) is 5.75 Å². The van der Waals surface area contributed by atoms with Gasteiger partial charge in [0.2, 0.25) is 10.0 Å². The van der Waals surface area contributed by atoms with Gasteiger partial charge in [-0.3, -0.25) is 0 Å². The fraction of sp³-hybridized carbons (Fsp3) is 0.500. The highest BCUT2D eigenvalue weighted by Crippen LogP contribution is 2.34. The normalized spacial score (nSPS) is 22.2. The molecule has 1 heterocycles. The van der Waals surface area contributed by atoms with Crippen LogP contribution < -0.4 is 4.74 Å². The van der Waals surface area contributed by atoms with Crippen molar-refractivity contribution in [1.29, 1.82) is 0 Å². The summed E-state index contributed by atoms with van der Waals surface area (Å²) in [6.45, 7) is 8.11. The van der Waals surface area contributed by atoms with Gasteiger partial charge in [-0.15, -0.1) is 0 Å². The molecule has 0 unspecified atom stereocenters. The number of hydrogen-bond acceptors (Lipinski definition) is 3. The van der Waals surface area contributed by atoms with Gasteiger partial charge in [0.05, 0.1) is 11.5 Å². The number of hydrogen-bond donors (Lipinski definition) is 0. The first kappa shape index (κ1) is 18.2. The quantitative estimate of drug-likeness (QED) is 0.798. The predicted octanol–water partition coefficient (Wildman–Crippen LogP) is 4.30. The van der Waals surface area contributed by atoms with Crippen LogP contribution in [0.1, 0.15) is 33.6 Å². The van der Waals surface area contributed by atoms with Crippen LogP contribution in [-0.2, 0) is 10.0 Å². The standard InChI is InChI=1S/C20H27NO3S/c1-4-11-24-19-9-10-20(18-8-6-5-7-17(18)19)25(22,23)21-13-15(2)12-16(3)14-21/h5-10,15-16H,4,11-14H2,1-3H3/t15-,16-/m1/s1. The molecule has 4 nitrogen and oxygen atoms in total. The summed E-state index contributed by atoms with van der Waals surface area (Å²) < 4.78 is 34.1. The summed E-state index contributed by atoms with van der Waals surface area (Å²) in [5.74, 6) is 1.52. The molecular weight excluding hydrogens is 334 g/mol. The van der Waals surface area contributed by atoms with Gasteiger partial charge in [0.25, 0.3) is 0 Å². The van der Waals surface area contributed by atoms with E-state index >= 15 is 0 Å². The molecule has 1 aliphatic heterocycles. The van der Waals surface area contributed by atoms with E-state index in [1.807, 2.05) is 24.3 Å². The van der Waals surface area contributed by atoms with Crippen LogP contribution in [0.2, 0.25) is 0 Å². The third-order valence-corrected chi connectivity index (χ3v) is 6.65. The zero-order valence-corrected chi connectivity index (χ0v) is 16.1. The van der Waals surface area contributed by atoms with E-state index in [9.17, 15) is 8.42 Å². The van der Waals surface area contributed by atoms with Crippen molar-refractivity contribution < 1.29 is 13.2 Å². The molecular formula is C20H27NO3S. The van der Waals surface area contributed by atoms with Gasteiger partial charge in [-0.2, -0.15) is 4.31 Å². The minimum Gasteiger partial charge on any atom is -0.493 e. The van der Waals surface area contributed by atoms with Crippen LogP contribution in [0, 0.1) is 11.8 Å². The Labute approximate surface area is 150 Å². The third-order valence-electron chi connectivity index (χ3n) is 4.76. The van der Waals surface area contributed by atoms with Crippen LogP contribution in [0.25, 0.3) is 10.8 Å². The van der Waals surface area contributed by atoms with Gasteiger partial charge in [-0.1, -0.05) is 45.0 Å². The van der Waals surface area contributed by atoms with Crippen LogP contribution in [-0.4, -0.2) is 32.4 Å². The second-order valence-corrected chi connectivity index (χ2v) is 9.13. The second-order valence-electron chi connectivity index (χ2n) is 7.22. The van der Waals surface area contributed by atoms with Crippen LogP contribution in [0.3, 0.4) is 0 Å². The topological polar surface area (TPSA) is 46.6 Å². The molecule has 2 atom stereocenters. The Balaban J connectivity index is 2.06. The van der Waals surface area contributed by atoms with E-state index in [2.05, 4.69) is 20.8 Å². The van der Waals surface area contributed by atoms with Crippen molar-refractivity contribution in [3.8, 4) is 5.75 Å². The highest BCUT2D eigenvalue weighted by Gasteiger charge is 2.32. The average molecular weight is 362 g/mol. The lowest BCUT2D eigenvalue weighted by atomic mass is 9.94. The Bertz CT molecular complexity index is 837. The predicted molar refractivity (Wildman–Crippen MR) is 101 cm³/mol. The molecule has 1 aliphatic rings. The Morgan fingerprint density at radius 3 is 2.32 bits per heavy atom. The molecule has 2 aromatic rings. The zero-order chi connectivity index (χ0) is 18.0. The maximum atomic E-state index is 13.3. The summed E-state index contributed by atoms with van der Waals surface area (Å²) in [6.07, 6.45) is 1.99. The van der Waals surface area contributed by atoms with E-state index < -0.39 is 10.0 Å². The minimum absolute atomic E-state index is 0.383. The number of ether oxygens (including phenoxy) is 1. The smallest absolute Gasteiger partial charge is 0.243 e. The third kappa shape index (κ3) is 3.67. The van der Waals surface area contributed by atoms with Gasteiger partial charge in [-0.25, -0.2) is 8.42 Å². The first-order valence-electron chi connectivity index (χ1n) is 9.08. The molecule has 0 N–H and O–H groups in total. The molecule has 2 aromatic carbocycles. The Kier molecular flexibility index (Phi) is 5.35. The minimum atomic E-state index is -3.51. The highest BCUT2D eigenvalue weighted by atomic mass is 32.2. The molecule has 0 amide bonds. The van der Waals surface area contributed by atoms with Crippen LogP contribution in [0.15, 0.2) is 41.3 Å². The fourth-order valence-corrected chi connectivity index (χ4v) is 5.62. The lowest BCUT2D eigenvalue weighted by Crippen LogP contribution is -2.42. The molecule has 0 aromatic heterocycles. The zero-order valence-electron chi connectivity index (χ0n) is 15.2. The number of sulfonamides is 1. The van der Waals surface area contributed by atoms with Crippen molar-refractivity contribution in [2.24, 2.45) is 11.8 Å². The molecule has 136 valence electrons. The molecule has 1 fully saturated rings. The average Bonchev–Trinajstić information content (AvgIpc) is 2.58. The van der Waals surface area contributed by atoms with Gasteiger partial charge >= 0.3 is 0 Å². The van der Waals surface area contributed by atoms with Crippen molar-refractivity contribution in [2.75, 3.05) is 19.7 Å². The summed E-state index contributed by atoms with van der Waals surface area (Å²) in [5, 5.41) is 1.59. The van der Waals surface area contributed by atoms with Crippen molar-refractivity contribution in [3.05, 3.63) is 36.4 Å². The lowest BCUT2D eigenvalue weighted by Gasteiger charge is -2.34. The number of piperidine rings is 1. The molecule has 0 saturated carbocycles. The molecule has 3 rings (SSSR count). The van der Waals surface area contributed by atoms with Crippen molar-refractivity contribution in [3.63, 3.8) is 0 Å². The summed E-state index contributed by atoms with van der Waals surface area (Å²) in [5.41, 5.74) is 0. The Morgan fingerprint density at radius 1 is 1.04 bits per heavy atom. The first-order chi connectivity index (χ1) is 11.9. The van der Waals surface area contributed by atoms with E-state index in [4.69, 9.17) is 4.74 Å². The SMILES string of the molecule is CCCOc1ccc(S(=O)(=O)N2C[C@H](C)C[C@@H](C)C2)c2ccccc12. The van der Waals surface area contributed by atoms with E-state index in [0.29, 0.717) is 36.4 Å². The number of fused-ring (bicyclic) bond motifs is 1. The summed E-state index contributed by atoms with van der Waals surface area (Å²) in [4.78, 5) is 0.383. The van der Waals surface area contributed by atoms with Crippen molar-refractivity contribution in [1.82, 2.24) is 4.31 Å². The molecule has 0 spiro atoms. The maximum absolute atomic E-state index is 13.3. The maximum Gasteiger partial charge on any atom is 0.243 e. The monoisotopic (exact) mass is 361 g/mol. The Hall–Kier alpha value is -1.59. The van der Waals surface area contributed by atoms with Crippen LogP contribution in [0.4, 0.5) is 0 Å². The van der Waals surface area contributed by atoms with Gasteiger partial charge in [-0.05, 0) is 36.8 Å². The Morgan fingerprint density at radius 2 is 1.68 bits per heavy atom. The molecule has 5 heteroatoms. The van der Waals surface area contributed by atoms with Gasteiger partial charge < -0.3 is 4.74 Å². The first-order valence-corrected chi connectivity index (χ1v) is 10.5. The molecule has 0 aliphatic carbocycles. The van der Waals surface area contributed by atoms with Gasteiger partial charge in [0.15, 0.2) is 0 Å². The number of rotatable bonds is 5. The van der Waals surface area contributed by atoms with Crippen molar-refractivity contribution >= 4 is 20.8 Å². The van der Waals surface area contributed by atoms with E-state index in [1.165, 1.54) is 0 Å². The number of nitrogens with zero attached hydrogens (tertiary/aromatic N) is 1. The van der Waals surface area contributed by atoms with E-state index in [-0.39, 0.29) is 0 Å². The fourth-order valence-electron chi connectivity index (χ4n) is 3.75. The van der Waals surface area contributed by atoms with Gasteiger partial charge in [0.1, 0.15) is 5.75 Å². The largest absolute Gasteiger partial charge is 0.493 e. The van der Waals surface area contributed by atoms with Gasteiger partial charge in [0, 0.05) is 23.9 Å². The summed E-state index contributed by atoms with van der Waals surface area (Å²) in [7, 11) is -3.51. The lowest BCUT2D eigenvalue weighted by molar-refractivity contribution is 0.222.